The van der Waals surface area contributed by atoms with Crippen LogP contribution in [0.1, 0.15) is 31.5 Å². The summed E-state index contributed by atoms with van der Waals surface area (Å²) >= 11 is 6.16. The molecule has 0 aliphatic heterocycles. The van der Waals surface area contributed by atoms with Gasteiger partial charge in [-0.25, -0.2) is 0 Å². The number of unbranched alkanes of at least 4 members (excludes halogenated alkanes) is 1. The maximum Gasteiger partial charge on any atom is 0.254 e. The third-order valence-corrected chi connectivity index (χ3v) is 4.59. The fraction of sp³-hybridized carbons (Fsp3) is 0.238. The number of halogens is 1. The van der Waals surface area contributed by atoms with Crippen LogP contribution in [0.15, 0.2) is 57.5 Å². The summed E-state index contributed by atoms with van der Waals surface area (Å²) in [7, 11) is 0. The number of hydrogen-bond donors (Lipinski definition) is 0. The Balaban J connectivity index is 1.37. The molecule has 148 valence electrons. The van der Waals surface area contributed by atoms with Crippen LogP contribution in [0.5, 0.6) is 5.75 Å². The van der Waals surface area contributed by atoms with Crippen LogP contribution in [-0.4, -0.2) is 20.3 Å². The molecule has 0 unspecified atom stereocenters. The van der Waals surface area contributed by atoms with E-state index in [-0.39, 0.29) is 6.61 Å². The molecule has 2 heterocycles. The van der Waals surface area contributed by atoms with Gasteiger partial charge >= 0.3 is 0 Å². The lowest BCUT2D eigenvalue weighted by atomic mass is 10.2. The van der Waals surface area contributed by atoms with Crippen LogP contribution in [0.4, 0.5) is 0 Å². The molecule has 0 saturated heterocycles. The number of hydrogen-bond acceptors (Lipinski definition) is 7. The number of rotatable bonds is 8. The van der Waals surface area contributed by atoms with Crippen molar-refractivity contribution in [2.45, 2.75) is 32.8 Å². The van der Waals surface area contributed by atoms with Crippen molar-refractivity contribution in [3.05, 3.63) is 65.3 Å². The van der Waals surface area contributed by atoms with E-state index in [0.717, 1.165) is 24.8 Å². The van der Waals surface area contributed by atoms with Crippen LogP contribution >= 0.6 is 11.6 Å². The van der Waals surface area contributed by atoms with E-state index in [1.54, 1.807) is 6.07 Å². The summed E-state index contributed by atoms with van der Waals surface area (Å²) < 4.78 is 16.6. The Labute approximate surface area is 172 Å². The molecule has 0 N–H and O–H groups in total. The van der Waals surface area contributed by atoms with Crippen LogP contribution in [0.25, 0.3) is 22.8 Å². The second kappa shape index (κ2) is 8.87. The monoisotopic (exact) mass is 410 g/mol. The lowest BCUT2D eigenvalue weighted by Crippen LogP contribution is -1.95. The first-order valence-electron chi connectivity index (χ1n) is 9.36. The fourth-order valence-corrected chi connectivity index (χ4v) is 2.92. The summed E-state index contributed by atoms with van der Waals surface area (Å²) in [6.45, 7) is 2.28. The van der Waals surface area contributed by atoms with Gasteiger partial charge in [0, 0.05) is 12.0 Å². The first-order chi connectivity index (χ1) is 14.2. The molecule has 29 heavy (non-hydrogen) atoms. The Morgan fingerprint density at radius 3 is 2.62 bits per heavy atom. The predicted molar refractivity (Wildman–Crippen MR) is 107 cm³/mol. The van der Waals surface area contributed by atoms with Gasteiger partial charge < -0.3 is 13.7 Å². The van der Waals surface area contributed by atoms with Crippen molar-refractivity contribution in [1.82, 2.24) is 20.3 Å². The molecule has 4 rings (SSSR count). The molecule has 0 saturated carbocycles. The van der Waals surface area contributed by atoms with Crippen molar-refractivity contribution in [3.63, 3.8) is 0 Å². The zero-order chi connectivity index (χ0) is 20.1. The first-order valence-corrected chi connectivity index (χ1v) is 9.74. The Morgan fingerprint density at radius 2 is 1.83 bits per heavy atom. The normalized spacial score (nSPS) is 11.0. The maximum atomic E-state index is 6.16. The number of ether oxygens (including phenoxy) is 1. The molecule has 4 aromatic rings. The molecule has 0 aliphatic carbocycles. The molecule has 0 fully saturated rings. The van der Waals surface area contributed by atoms with Crippen molar-refractivity contribution in [2.75, 3.05) is 0 Å². The predicted octanol–water partition coefficient (Wildman–Crippen LogP) is 5.36. The highest BCUT2D eigenvalue weighted by Crippen LogP contribution is 2.26. The van der Waals surface area contributed by atoms with Gasteiger partial charge in [0.25, 0.3) is 5.89 Å². The fourth-order valence-electron chi connectivity index (χ4n) is 2.70. The van der Waals surface area contributed by atoms with Gasteiger partial charge in [0.05, 0.1) is 10.6 Å². The summed E-state index contributed by atoms with van der Waals surface area (Å²) in [5.74, 6) is 2.63. The van der Waals surface area contributed by atoms with E-state index in [2.05, 4.69) is 27.3 Å². The molecular weight excluding hydrogens is 392 g/mol. The van der Waals surface area contributed by atoms with Crippen molar-refractivity contribution < 1.29 is 13.7 Å². The van der Waals surface area contributed by atoms with Crippen molar-refractivity contribution in [1.29, 1.82) is 0 Å². The topological polar surface area (TPSA) is 87.1 Å². The lowest BCUT2D eigenvalue weighted by Gasteiger charge is -2.03. The molecule has 0 spiro atoms. The van der Waals surface area contributed by atoms with Gasteiger partial charge in [-0.3, -0.25) is 0 Å². The highest BCUT2D eigenvalue weighted by atomic mass is 35.5. The Hall–Kier alpha value is -3.19. The highest BCUT2D eigenvalue weighted by Gasteiger charge is 2.12. The number of nitrogens with zero attached hydrogens (tertiary/aromatic N) is 4. The summed E-state index contributed by atoms with van der Waals surface area (Å²) in [5.41, 5.74) is 1.55. The Bertz CT molecular complexity index is 1080. The van der Waals surface area contributed by atoms with Crippen LogP contribution in [0.2, 0.25) is 5.02 Å². The largest absolute Gasteiger partial charge is 0.484 e. The quantitative estimate of drug-likeness (QED) is 0.386. The summed E-state index contributed by atoms with van der Waals surface area (Å²) in [4.78, 5) is 4.42. The molecule has 0 atom stereocenters. The van der Waals surface area contributed by atoms with Gasteiger partial charge in [-0.15, -0.1) is 10.2 Å². The number of benzene rings is 2. The van der Waals surface area contributed by atoms with Crippen LogP contribution in [0, 0.1) is 0 Å². The molecule has 7 nitrogen and oxygen atoms in total. The van der Waals surface area contributed by atoms with E-state index in [0.29, 0.717) is 39.8 Å². The van der Waals surface area contributed by atoms with E-state index in [9.17, 15) is 0 Å². The van der Waals surface area contributed by atoms with Crippen molar-refractivity contribution in [2.24, 2.45) is 0 Å². The van der Waals surface area contributed by atoms with Gasteiger partial charge in [-0.05, 0) is 42.8 Å². The number of aromatic nitrogens is 4. The molecule has 0 aliphatic rings. The minimum atomic E-state index is 0.153. The van der Waals surface area contributed by atoms with E-state index in [1.807, 2.05) is 42.5 Å². The third kappa shape index (κ3) is 4.63. The maximum absolute atomic E-state index is 6.16. The van der Waals surface area contributed by atoms with Crippen molar-refractivity contribution in [3.8, 4) is 28.6 Å². The second-order valence-corrected chi connectivity index (χ2v) is 6.82. The van der Waals surface area contributed by atoms with Crippen molar-refractivity contribution >= 4 is 11.6 Å². The lowest BCUT2D eigenvalue weighted by molar-refractivity contribution is 0.264. The SMILES string of the molecule is CCCCc1nc(-c2ccc(OCc3nnc(-c4ccccc4Cl)o3)cc2)no1. The van der Waals surface area contributed by atoms with Gasteiger partial charge in [0.1, 0.15) is 5.75 Å². The van der Waals surface area contributed by atoms with Gasteiger partial charge in [0.15, 0.2) is 6.61 Å². The van der Waals surface area contributed by atoms with E-state index < -0.39 is 0 Å². The third-order valence-electron chi connectivity index (χ3n) is 4.26. The van der Waals surface area contributed by atoms with Gasteiger partial charge in [-0.2, -0.15) is 4.98 Å². The Kier molecular flexibility index (Phi) is 5.86. The zero-order valence-corrected chi connectivity index (χ0v) is 16.6. The van der Waals surface area contributed by atoms with Gasteiger partial charge in [0.2, 0.25) is 17.6 Å². The minimum absolute atomic E-state index is 0.153. The standard InChI is InChI=1S/C21H19ClN4O3/c1-2-3-8-18-23-20(26-29-18)14-9-11-15(12-10-14)27-13-19-24-25-21(28-19)16-6-4-5-7-17(16)22/h4-7,9-12H,2-3,8,13H2,1H3. The summed E-state index contributed by atoms with van der Waals surface area (Å²) in [5, 5.41) is 12.6. The highest BCUT2D eigenvalue weighted by molar-refractivity contribution is 6.33. The molecule has 0 amide bonds. The van der Waals surface area contributed by atoms with Gasteiger partial charge in [-0.1, -0.05) is 42.2 Å². The first kappa shape index (κ1) is 19.1. The van der Waals surface area contributed by atoms with E-state index in [4.69, 9.17) is 25.3 Å². The molecule has 2 aromatic heterocycles. The molecule has 0 bridgehead atoms. The van der Waals surface area contributed by atoms with Crippen LogP contribution < -0.4 is 4.74 Å². The average Bonchev–Trinajstić information content (AvgIpc) is 3.41. The van der Waals surface area contributed by atoms with E-state index in [1.165, 1.54) is 0 Å². The molecule has 2 aromatic carbocycles. The molecular formula is C21H19ClN4O3. The van der Waals surface area contributed by atoms with E-state index >= 15 is 0 Å². The van der Waals surface area contributed by atoms with Crippen LogP contribution in [0.3, 0.4) is 0 Å². The van der Waals surface area contributed by atoms with Crippen LogP contribution in [-0.2, 0) is 13.0 Å². The summed E-state index contributed by atoms with van der Waals surface area (Å²) in [6, 6.07) is 14.7. The zero-order valence-electron chi connectivity index (χ0n) is 15.8. The molecule has 8 heteroatoms. The summed E-state index contributed by atoms with van der Waals surface area (Å²) in [6.07, 6.45) is 2.91. The Morgan fingerprint density at radius 1 is 1.00 bits per heavy atom. The molecule has 0 radical (unpaired) electrons. The number of aryl methyl sites for hydroxylation is 1. The minimum Gasteiger partial charge on any atom is -0.484 e. The smallest absolute Gasteiger partial charge is 0.254 e. The second-order valence-electron chi connectivity index (χ2n) is 6.41. The average molecular weight is 411 g/mol.